The molecule has 5 heteroatoms. The van der Waals surface area contributed by atoms with Crippen molar-refractivity contribution in [2.24, 2.45) is 0 Å². The summed E-state index contributed by atoms with van der Waals surface area (Å²) in [7, 11) is 0. The molecule has 0 fully saturated rings. The summed E-state index contributed by atoms with van der Waals surface area (Å²) < 4.78 is 13.3. The van der Waals surface area contributed by atoms with E-state index in [0.717, 1.165) is 6.92 Å². The molecular formula is C10H12FNO3. The minimum atomic E-state index is -2.31. The molecule has 4 nitrogen and oxygen atoms in total. The van der Waals surface area contributed by atoms with Gasteiger partial charge in [-0.25, -0.2) is 9.18 Å². The Hall–Kier alpha value is -1.78. The summed E-state index contributed by atoms with van der Waals surface area (Å²) >= 11 is 0. The second kappa shape index (κ2) is 4.16. The number of halogens is 1. The molecule has 0 bridgehead atoms. The number of carboxylic acid groups (broad SMARTS) is 1. The number of aromatic hydroxyl groups is 1. The number of phenolic OH excluding ortho intramolecular Hbond substituents is 1. The van der Waals surface area contributed by atoms with Gasteiger partial charge in [0.1, 0.15) is 5.75 Å². The van der Waals surface area contributed by atoms with Crippen LogP contribution in [0.3, 0.4) is 0 Å². The number of hydrogen-bond donors (Lipinski definition) is 3. The third kappa shape index (κ3) is 3.12. The topological polar surface area (TPSA) is 69.6 Å². The van der Waals surface area contributed by atoms with Gasteiger partial charge in [0.25, 0.3) is 0 Å². The number of alkyl halides is 1. The maximum atomic E-state index is 13.3. The first-order valence-electron chi connectivity index (χ1n) is 4.37. The van der Waals surface area contributed by atoms with E-state index in [-0.39, 0.29) is 12.3 Å². The Labute approximate surface area is 86.4 Å². The second-order valence-electron chi connectivity index (χ2n) is 3.40. The standard InChI is InChI=1S/C10H12FNO3/c1-10(11,9(14)15)6-12-7-2-4-8(13)5-3-7/h2-5,12-13H,6H2,1H3,(H,14,15). The molecule has 0 spiro atoms. The third-order valence-electron chi connectivity index (χ3n) is 1.94. The smallest absolute Gasteiger partial charge is 0.343 e. The molecule has 0 amide bonds. The SMILES string of the molecule is CC(F)(CNc1ccc(O)cc1)C(=O)O. The van der Waals surface area contributed by atoms with Crippen molar-refractivity contribution in [3.8, 4) is 5.75 Å². The molecule has 82 valence electrons. The monoisotopic (exact) mass is 213 g/mol. The summed E-state index contributed by atoms with van der Waals surface area (Å²) in [5, 5.41) is 20.1. The molecule has 1 aromatic carbocycles. The first-order chi connectivity index (χ1) is 6.92. The maximum absolute atomic E-state index is 13.3. The number of carboxylic acids is 1. The van der Waals surface area contributed by atoms with Crippen molar-refractivity contribution < 1.29 is 19.4 Å². The van der Waals surface area contributed by atoms with Gasteiger partial charge in [-0.1, -0.05) is 0 Å². The minimum absolute atomic E-state index is 0.0989. The molecule has 1 rings (SSSR count). The fourth-order valence-corrected chi connectivity index (χ4v) is 0.923. The summed E-state index contributed by atoms with van der Waals surface area (Å²) in [6, 6.07) is 5.93. The lowest BCUT2D eigenvalue weighted by atomic mass is 10.1. The van der Waals surface area contributed by atoms with E-state index in [1.54, 1.807) is 0 Å². The largest absolute Gasteiger partial charge is 0.508 e. The van der Waals surface area contributed by atoms with Crippen LogP contribution in [0.2, 0.25) is 0 Å². The van der Waals surface area contributed by atoms with Crippen LogP contribution >= 0.6 is 0 Å². The Morgan fingerprint density at radius 3 is 2.47 bits per heavy atom. The van der Waals surface area contributed by atoms with Crippen molar-refractivity contribution in [2.75, 3.05) is 11.9 Å². The van der Waals surface area contributed by atoms with Gasteiger partial charge < -0.3 is 15.5 Å². The van der Waals surface area contributed by atoms with Crippen LogP contribution in [0.25, 0.3) is 0 Å². The Morgan fingerprint density at radius 2 is 2.00 bits per heavy atom. The lowest BCUT2D eigenvalue weighted by molar-refractivity contribution is -0.148. The molecule has 0 heterocycles. The molecule has 0 saturated heterocycles. The van der Waals surface area contributed by atoms with Crippen molar-refractivity contribution in [2.45, 2.75) is 12.6 Å². The van der Waals surface area contributed by atoms with Crippen LogP contribution in [0.5, 0.6) is 5.75 Å². The highest BCUT2D eigenvalue weighted by Crippen LogP contribution is 2.16. The van der Waals surface area contributed by atoms with Crippen LogP contribution in [-0.4, -0.2) is 28.4 Å². The van der Waals surface area contributed by atoms with E-state index < -0.39 is 11.6 Å². The Kier molecular flexibility index (Phi) is 3.14. The maximum Gasteiger partial charge on any atom is 0.343 e. The van der Waals surface area contributed by atoms with Crippen molar-refractivity contribution in [1.29, 1.82) is 0 Å². The molecule has 15 heavy (non-hydrogen) atoms. The lowest BCUT2D eigenvalue weighted by Crippen LogP contribution is -2.37. The number of rotatable bonds is 4. The predicted molar refractivity (Wildman–Crippen MR) is 53.7 cm³/mol. The first-order valence-corrected chi connectivity index (χ1v) is 4.37. The summed E-state index contributed by atoms with van der Waals surface area (Å²) in [6.07, 6.45) is 0. The van der Waals surface area contributed by atoms with Gasteiger partial charge in [0.15, 0.2) is 0 Å². The average molecular weight is 213 g/mol. The normalized spacial score (nSPS) is 14.3. The highest BCUT2D eigenvalue weighted by atomic mass is 19.1. The van der Waals surface area contributed by atoms with Gasteiger partial charge in [0.05, 0.1) is 6.54 Å². The number of anilines is 1. The molecule has 0 saturated carbocycles. The number of phenols is 1. The Balaban J connectivity index is 2.57. The van der Waals surface area contributed by atoms with Crippen molar-refractivity contribution in [3.63, 3.8) is 0 Å². The number of carbonyl (C=O) groups is 1. The molecular weight excluding hydrogens is 201 g/mol. The zero-order valence-electron chi connectivity index (χ0n) is 8.20. The van der Waals surface area contributed by atoms with Gasteiger partial charge in [-0.2, -0.15) is 0 Å². The van der Waals surface area contributed by atoms with E-state index in [9.17, 15) is 9.18 Å². The van der Waals surface area contributed by atoms with Crippen LogP contribution < -0.4 is 5.32 Å². The summed E-state index contributed by atoms with van der Waals surface area (Å²) in [5.41, 5.74) is -1.75. The van der Waals surface area contributed by atoms with E-state index in [1.165, 1.54) is 24.3 Å². The first kappa shape index (κ1) is 11.3. The molecule has 0 aliphatic carbocycles. The quantitative estimate of drug-likeness (QED) is 0.665. The Bertz CT molecular complexity index is 348. The second-order valence-corrected chi connectivity index (χ2v) is 3.40. The molecule has 0 aliphatic rings. The highest BCUT2D eigenvalue weighted by Gasteiger charge is 2.32. The zero-order chi connectivity index (χ0) is 11.5. The third-order valence-corrected chi connectivity index (χ3v) is 1.94. The molecule has 1 atom stereocenters. The van der Waals surface area contributed by atoms with E-state index >= 15 is 0 Å². The fraction of sp³-hybridized carbons (Fsp3) is 0.300. The summed E-state index contributed by atoms with van der Waals surface area (Å²) in [6.45, 7) is 0.663. The minimum Gasteiger partial charge on any atom is -0.508 e. The number of aliphatic carboxylic acids is 1. The van der Waals surface area contributed by atoms with Gasteiger partial charge in [0, 0.05) is 5.69 Å². The van der Waals surface area contributed by atoms with Crippen LogP contribution in [0.4, 0.5) is 10.1 Å². The fourth-order valence-electron chi connectivity index (χ4n) is 0.923. The molecule has 0 radical (unpaired) electrons. The van der Waals surface area contributed by atoms with Gasteiger partial charge in [0.2, 0.25) is 5.67 Å². The predicted octanol–water partition coefficient (Wildman–Crippen LogP) is 1.62. The summed E-state index contributed by atoms with van der Waals surface area (Å²) in [5.74, 6) is -1.41. The van der Waals surface area contributed by atoms with E-state index in [2.05, 4.69) is 5.32 Å². The number of hydrogen-bond acceptors (Lipinski definition) is 3. The van der Waals surface area contributed by atoms with Crippen LogP contribution in [0, 0.1) is 0 Å². The van der Waals surface area contributed by atoms with Crippen molar-refractivity contribution >= 4 is 11.7 Å². The number of benzene rings is 1. The van der Waals surface area contributed by atoms with Crippen molar-refractivity contribution in [3.05, 3.63) is 24.3 Å². The molecule has 0 aliphatic heterocycles. The van der Waals surface area contributed by atoms with Crippen LogP contribution in [0.15, 0.2) is 24.3 Å². The lowest BCUT2D eigenvalue weighted by Gasteiger charge is -2.16. The molecule has 3 N–H and O–H groups in total. The van der Waals surface area contributed by atoms with E-state index in [1.807, 2.05) is 0 Å². The van der Waals surface area contributed by atoms with Gasteiger partial charge in [-0.15, -0.1) is 0 Å². The highest BCUT2D eigenvalue weighted by molar-refractivity contribution is 5.77. The average Bonchev–Trinajstić information content (AvgIpc) is 2.17. The van der Waals surface area contributed by atoms with Gasteiger partial charge >= 0.3 is 5.97 Å². The van der Waals surface area contributed by atoms with Crippen molar-refractivity contribution in [1.82, 2.24) is 0 Å². The molecule has 1 aromatic rings. The Morgan fingerprint density at radius 1 is 1.47 bits per heavy atom. The molecule has 1 unspecified atom stereocenters. The zero-order valence-corrected chi connectivity index (χ0v) is 8.20. The number of nitrogens with one attached hydrogen (secondary N) is 1. The summed E-state index contributed by atoms with van der Waals surface area (Å²) in [4.78, 5) is 10.4. The van der Waals surface area contributed by atoms with E-state index in [4.69, 9.17) is 10.2 Å². The van der Waals surface area contributed by atoms with Crippen LogP contribution in [-0.2, 0) is 4.79 Å². The van der Waals surface area contributed by atoms with Crippen LogP contribution in [0.1, 0.15) is 6.92 Å². The van der Waals surface area contributed by atoms with E-state index in [0.29, 0.717) is 5.69 Å². The van der Waals surface area contributed by atoms with Gasteiger partial charge in [-0.05, 0) is 31.2 Å². The van der Waals surface area contributed by atoms with Gasteiger partial charge in [-0.3, -0.25) is 0 Å². The molecule has 0 aromatic heterocycles.